The van der Waals surface area contributed by atoms with Gasteiger partial charge >= 0.3 is 7.48 Å². The Hall–Kier alpha value is -2.07. The molecule has 28 heavy (non-hydrogen) atoms. The molecule has 0 fully saturated rings. The number of fused-ring (bicyclic) bond motifs is 5. The van der Waals surface area contributed by atoms with Gasteiger partial charge in [-0.05, 0) is 72.1 Å². The number of hydrogen-bond acceptors (Lipinski definition) is 2. The van der Waals surface area contributed by atoms with E-state index in [0.717, 1.165) is 21.3 Å². The third-order valence-corrected chi connectivity index (χ3v) is 6.02. The Labute approximate surface area is 171 Å². The second-order valence-corrected chi connectivity index (χ2v) is 8.81. The molecule has 0 bridgehead atoms. The lowest BCUT2D eigenvalue weighted by atomic mass is 9.81. The standard InChI is InChI=1S/C24H23BClO2/c1-23(2,27)24(3,4)28-25-17-7-11-19-15(13-17)5-9-22-20-12-8-18(26)14-16(20)6-10-21(19)22/h5-14,27H,1-4H3. The highest BCUT2D eigenvalue weighted by molar-refractivity contribution is 6.47. The highest BCUT2D eigenvalue weighted by Crippen LogP contribution is 2.32. The van der Waals surface area contributed by atoms with Gasteiger partial charge in [0.05, 0.1) is 11.2 Å². The van der Waals surface area contributed by atoms with E-state index in [1.165, 1.54) is 21.5 Å². The summed E-state index contributed by atoms with van der Waals surface area (Å²) in [4.78, 5) is 0. The minimum atomic E-state index is -0.944. The summed E-state index contributed by atoms with van der Waals surface area (Å²) in [6, 6.07) is 20.9. The molecule has 1 N–H and O–H groups in total. The van der Waals surface area contributed by atoms with Gasteiger partial charge in [-0.1, -0.05) is 65.6 Å². The van der Waals surface area contributed by atoms with Crippen LogP contribution in [0.2, 0.25) is 5.02 Å². The molecule has 4 heteroatoms. The van der Waals surface area contributed by atoms with Crippen LogP contribution in [0, 0.1) is 0 Å². The highest BCUT2D eigenvalue weighted by Gasteiger charge is 2.35. The lowest BCUT2D eigenvalue weighted by Crippen LogP contribution is -2.49. The summed E-state index contributed by atoms with van der Waals surface area (Å²) in [5, 5.41) is 18.2. The molecule has 0 aliphatic rings. The van der Waals surface area contributed by atoms with Gasteiger partial charge in [0.2, 0.25) is 0 Å². The summed E-state index contributed by atoms with van der Waals surface area (Å²) in [5.41, 5.74) is -0.664. The molecular weight excluding hydrogens is 367 g/mol. The smallest absolute Gasteiger partial charge is 0.330 e. The van der Waals surface area contributed by atoms with Crippen molar-refractivity contribution in [2.45, 2.75) is 38.9 Å². The largest absolute Gasteiger partial charge is 0.427 e. The van der Waals surface area contributed by atoms with E-state index in [-0.39, 0.29) is 0 Å². The second-order valence-electron chi connectivity index (χ2n) is 8.38. The highest BCUT2D eigenvalue weighted by atomic mass is 35.5. The molecule has 0 aromatic heterocycles. The summed E-state index contributed by atoms with van der Waals surface area (Å²) < 4.78 is 5.90. The van der Waals surface area contributed by atoms with Crippen LogP contribution in [0.3, 0.4) is 0 Å². The Bertz CT molecular complexity index is 1190. The van der Waals surface area contributed by atoms with Crippen molar-refractivity contribution in [1.82, 2.24) is 0 Å². The monoisotopic (exact) mass is 389 g/mol. The van der Waals surface area contributed by atoms with E-state index < -0.39 is 11.2 Å². The van der Waals surface area contributed by atoms with Gasteiger partial charge < -0.3 is 9.76 Å². The number of aliphatic hydroxyl groups is 1. The van der Waals surface area contributed by atoms with E-state index in [0.29, 0.717) is 0 Å². The first-order valence-corrected chi connectivity index (χ1v) is 9.82. The quantitative estimate of drug-likeness (QED) is 0.363. The van der Waals surface area contributed by atoms with Crippen LogP contribution in [0.4, 0.5) is 0 Å². The van der Waals surface area contributed by atoms with E-state index in [2.05, 4.69) is 42.5 Å². The minimum absolute atomic E-state index is 0.689. The van der Waals surface area contributed by atoms with Gasteiger partial charge in [-0.15, -0.1) is 0 Å². The van der Waals surface area contributed by atoms with Crippen LogP contribution in [-0.4, -0.2) is 23.8 Å². The molecule has 2 nitrogen and oxygen atoms in total. The number of rotatable bonds is 4. The van der Waals surface area contributed by atoms with Gasteiger partial charge in [0.15, 0.2) is 0 Å². The van der Waals surface area contributed by atoms with Crippen LogP contribution in [-0.2, 0) is 4.65 Å². The third-order valence-electron chi connectivity index (χ3n) is 5.78. The third kappa shape index (κ3) is 3.39. The fraction of sp³-hybridized carbons (Fsp3) is 0.250. The van der Waals surface area contributed by atoms with Gasteiger partial charge in [0, 0.05) is 5.02 Å². The van der Waals surface area contributed by atoms with Gasteiger partial charge in [-0.2, -0.15) is 0 Å². The molecule has 0 atom stereocenters. The minimum Gasteiger partial charge on any atom is -0.427 e. The van der Waals surface area contributed by atoms with Crippen LogP contribution >= 0.6 is 11.6 Å². The maximum absolute atomic E-state index is 10.3. The normalized spacial score (nSPS) is 12.8. The average Bonchev–Trinajstić information content (AvgIpc) is 2.64. The van der Waals surface area contributed by atoms with Gasteiger partial charge in [-0.3, -0.25) is 0 Å². The van der Waals surface area contributed by atoms with Crippen molar-refractivity contribution in [3.63, 3.8) is 0 Å². The summed E-state index contributed by atoms with van der Waals surface area (Å²) in [7, 11) is 1.73. The SMILES string of the molecule is CC(C)(O)C(C)(C)O[B]c1ccc2c(ccc3c4ccc(Cl)cc4ccc23)c1. The molecule has 0 unspecified atom stereocenters. The molecule has 0 aliphatic heterocycles. The van der Waals surface area contributed by atoms with Crippen LogP contribution in [0.15, 0.2) is 60.7 Å². The summed E-state index contributed by atoms with van der Waals surface area (Å²) in [5.74, 6) is 0. The van der Waals surface area contributed by atoms with Crippen molar-refractivity contribution in [2.24, 2.45) is 0 Å². The maximum atomic E-state index is 10.3. The topological polar surface area (TPSA) is 29.5 Å². The first kappa shape index (κ1) is 19.3. The van der Waals surface area contributed by atoms with Crippen LogP contribution in [0.1, 0.15) is 27.7 Å². The molecule has 4 aromatic rings. The van der Waals surface area contributed by atoms with Crippen LogP contribution < -0.4 is 5.46 Å². The molecular formula is C24H23BClO2. The molecule has 4 aromatic carbocycles. The Morgan fingerprint density at radius 2 is 1.29 bits per heavy atom. The first-order valence-electron chi connectivity index (χ1n) is 9.44. The molecule has 4 rings (SSSR count). The molecule has 0 heterocycles. The van der Waals surface area contributed by atoms with Crippen molar-refractivity contribution in [1.29, 1.82) is 0 Å². The predicted molar refractivity (Wildman–Crippen MR) is 121 cm³/mol. The molecule has 0 spiro atoms. The predicted octanol–water partition coefficient (Wildman–Crippen LogP) is 5.61. The van der Waals surface area contributed by atoms with Crippen molar-refractivity contribution in [3.05, 3.63) is 65.7 Å². The van der Waals surface area contributed by atoms with Crippen molar-refractivity contribution in [2.75, 3.05) is 0 Å². The fourth-order valence-corrected chi connectivity index (χ4v) is 3.49. The van der Waals surface area contributed by atoms with Crippen molar-refractivity contribution >= 4 is 56.9 Å². The molecule has 0 aliphatic carbocycles. The zero-order chi connectivity index (χ0) is 20.1. The second kappa shape index (κ2) is 6.77. The van der Waals surface area contributed by atoms with Gasteiger partial charge in [0.1, 0.15) is 0 Å². The van der Waals surface area contributed by atoms with E-state index in [1.807, 2.05) is 32.0 Å². The Balaban J connectivity index is 1.74. The lowest BCUT2D eigenvalue weighted by molar-refractivity contribution is -0.0893. The first-order chi connectivity index (χ1) is 13.2. The Morgan fingerprint density at radius 1 is 0.750 bits per heavy atom. The van der Waals surface area contributed by atoms with Gasteiger partial charge in [-0.25, -0.2) is 0 Å². The molecule has 1 radical (unpaired) electrons. The zero-order valence-electron chi connectivity index (χ0n) is 16.6. The number of benzene rings is 4. The number of halogens is 1. The zero-order valence-corrected chi connectivity index (χ0v) is 17.3. The molecule has 0 saturated heterocycles. The van der Waals surface area contributed by atoms with E-state index in [1.54, 1.807) is 21.3 Å². The van der Waals surface area contributed by atoms with Crippen LogP contribution in [0.25, 0.3) is 32.3 Å². The molecule has 0 saturated carbocycles. The Kier molecular flexibility index (Phi) is 4.66. The Morgan fingerprint density at radius 3 is 1.89 bits per heavy atom. The maximum Gasteiger partial charge on any atom is 0.330 e. The van der Waals surface area contributed by atoms with Crippen molar-refractivity contribution < 1.29 is 9.76 Å². The summed E-state index contributed by atoms with van der Waals surface area (Å²) in [6.07, 6.45) is 0. The molecule has 141 valence electrons. The summed E-state index contributed by atoms with van der Waals surface area (Å²) in [6.45, 7) is 7.28. The average molecular weight is 390 g/mol. The van der Waals surface area contributed by atoms with Crippen molar-refractivity contribution in [3.8, 4) is 0 Å². The van der Waals surface area contributed by atoms with Gasteiger partial charge in [0.25, 0.3) is 0 Å². The van der Waals surface area contributed by atoms with E-state index >= 15 is 0 Å². The molecule has 0 amide bonds. The van der Waals surface area contributed by atoms with Crippen LogP contribution in [0.5, 0.6) is 0 Å². The van der Waals surface area contributed by atoms with E-state index in [4.69, 9.17) is 16.3 Å². The van der Waals surface area contributed by atoms with E-state index in [9.17, 15) is 5.11 Å². The summed E-state index contributed by atoms with van der Waals surface area (Å²) >= 11 is 6.14. The number of hydrogen-bond donors (Lipinski definition) is 1. The lowest BCUT2D eigenvalue weighted by Gasteiger charge is -2.37. The fourth-order valence-electron chi connectivity index (χ4n) is 3.31.